The number of carbonyl (C=O) groups is 1. The third kappa shape index (κ3) is 3.26. The number of amides is 1. The third-order valence-electron chi connectivity index (χ3n) is 3.62. The van der Waals surface area contributed by atoms with Gasteiger partial charge in [0.25, 0.3) is 0 Å². The molecule has 3 nitrogen and oxygen atoms in total. The molecule has 0 saturated heterocycles. The molecule has 0 aliphatic carbocycles. The Kier molecular flexibility index (Phi) is 4.37. The topological polar surface area (TPSA) is 29.5 Å². The minimum Gasteiger partial charge on any atom is -0.495 e. The summed E-state index contributed by atoms with van der Waals surface area (Å²) in [6.07, 6.45) is -4.50. The van der Waals surface area contributed by atoms with Crippen LogP contribution in [-0.2, 0) is 11.2 Å². The summed E-state index contributed by atoms with van der Waals surface area (Å²) in [4.78, 5) is 12.3. The predicted octanol–water partition coefficient (Wildman–Crippen LogP) is 3.40. The summed E-state index contributed by atoms with van der Waals surface area (Å²) in [5, 5.41) is 0.415. The van der Waals surface area contributed by atoms with Crippen molar-refractivity contribution in [1.29, 1.82) is 0 Å². The number of alkyl halides is 3. The molecule has 0 spiro atoms. The van der Waals surface area contributed by atoms with Crippen LogP contribution in [0.1, 0.15) is 24.0 Å². The number of methoxy groups -OCH3 is 1. The van der Waals surface area contributed by atoms with Gasteiger partial charge in [-0.3, -0.25) is 4.79 Å². The normalized spacial score (nSPS) is 19.0. The minimum atomic E-state index is -4.84. The van der Waals surface area contributed by atoms with Gasteiger partial charge in [0.15, 0.2) is 0 Å². The van der Waals surface area contributed by atoms with E-state index >= 15 is 0 Å². The molecule has 1 unspecified atom stereocenters. The van der Waals surface area contributed by atoms with E-state index in [-0.39, 0.29) is 19.0 Å². The second-order valence-corrected chi connectivity index (χ2v) is 5.49. The first kappa shape index (κ1) is 15.9. The van der Waals surface area contributed by atoms with Crippen LogP contribution in [-0.4, -0.2) is 37.2 Å². The molecule has 0 N–H and O–H groups in total. The molecule has 0 saturated carbocycles. The average molecular weight is 322 g/mol. The van der Waals surface area contributed by atoms with E-state index in [0.29, 0.717) is 17.2 Å². The van der Waals surface area contributed by atoms with Gasteiger partial charge in [-0.2, -0.15) is 13.2 Å². The molecule has 1 aromatic rings. The highest BCUT2D eigenvalue weighted by molar-refractivity contribution is 6.32. The molecule has 0 radical (unpaired) electrons. The monoisotopic (exact) mass is 321 g/mol. The van der Waals surface area contributed by atoms with E-state index in [0.717, 1.165) is 16.0 Å². The van der Waals surface area contributed by atoms with Crippen LogP contribution in [0.3, 0.4) is 0 Å². The molecule has 1 aliphatic heterocycles. The molecule has 21 heavy (non-hydrogen) atoms. The van der Waals surface area contributed by atoms with Gasteiger partial charge in [-0.05, 0) is 35.6 Å². The Morgan fingerprint density at radius 1 is 1.43 bits per heavy atom. The molecule has 1 aromatic carbocycles. The summed E-state index contributed by atoms with van der Waals surface area (Å²) in [5.41, 5.74) is 1.72. The molecule has 7 heteroatoms. The number of benzene rings is 1. The number of halogens is 4. The standard InChI is InChI=1S/C14H15ClF3NO2/c1-8-7-19(13(20)14(16,17)18)4-3-9-5-12(21-2)11(15)6-10(8)9/h5-6,8H,3-4,7H2,1-2H3. The molecule has 1 heterocycles. The van der Waals surface area contributed by atoms with Crippen LogP contribution in [0, 0.1) is 0 Å². The van der Waals surface area contributed by atoms with Crippen LogP contribution in [0.25, 0.3) is 0 Å². The van der Waals surface area contributed by atoms with Gasteiger partial charge in [0.05, 0.1) is 12.1 Å². The second kappa shape index (κ2) is 5.75. The molecular formula is C14H15ClF3NO2. The van der Waals surface area contributed by atoms with Gasteiger partial charge in [-0.25, -0.2) is 0 Å². The summed E-state index contributed by atoms with van der Waals surface area (Å²) in [5.74, 6) is -1.53. The van der Waals surface area contributed by atoms with Crippen molar-refractivity contribution >= 4 is 17.5 Å². The summed E-state index contributed by atoms with van der Waals surface area (Å²) in [7, 11) is 1.48. The fourth-order valence-electron chi connectivity index (χ4n) is 2.58. The van der Waals surface area contributed by atoms with Crippen LogP contribution in [0.5, 0.6) is 5.75 Å². The number of ether oxygens (including phenoxy) is 1. The minimum absolute atomic E-state index is 0.0218. The average Bonchev–Trinajstić information content (AvgIpc) is 2.56. The van der Waals surface area contributed by atoms with Crippen LogP contribution < -0.4 is 4.74 Å². The van der Waals surface area contributed by atoms with Crippen molar-refractivity contribution in [3.05, 3.63) is 28.3 Å². The van der Waals surface area contributed by atoms with Crippen molar-refractivity contribution in [2.24, 2.45) is 0 Å². The molecule has 0 aromatic heterocycles. The van der Waals surface area contributed by atoms with Crippen LogP contribution in [0.2, 0.25) is 5.02 Å². The van der Waals surface area contributed by atoms with Crippen molar-refractivity contribution in [3.8, 4) is 5.75 Å². The van der Waals surface area contributed by atoms with Gasteiger partial charge in [0.1, 0.15) is 5.75 Å². The highest BCUT2D eigenvalue weighted by Gasteiger charge is 2.43. The quantitative estimate of drug-likeness (QED) is 0.793. The molecule has 0 bridgehead atoms. The van der Waals surface area contributed by atoms with Gasteiger partial charge < -0.3 is 9.64 Å². The largest absolute Gasteiger partial charge is 0.495 e. The number of nitrogens with zero attached hydrogens (tertiary/aromatic N) is 1. The first-order chi connectivity index (χ1) is 9.74. The zero-order valence-corrected chi connectivity index (χ0v) is 12.4. The van der Waals surface area contributed by atoms with Gasteiger partial charge in [0, 0.05) is 13.1 Å². The van der Waals surface area contributed by atoms with Gasteiger partial charge >= 0.3 is 12.1 Å². The number of hydrogen-bond donors (Lipinski definition) is 0. The Bertz CT molecular complexity index is 560. The van der Waals surface area contributed by atoms with Crippen molar-refractivity contribution in [2.45, 2.75) is 25.4 Å². The van der Waals surface area contributed by atoms with E-state index in [1.54, 1.807) is 19.1 Å². The number of rotatable bonds is 1. The van der Waals surface area contributed by atoms with E-state index in [2.05, 4.69) is 0 Å². The summed E-state index contributed by atoms with van der Waals surface area (Å²) < 4.78 is 42.8. The lowest BCUT2D eigenvalue weighted by atomic mass is 9.95. The van der Waals surface area contributed by atoms with Crippen molar-refractivity contribution in [3.63, 3.8) is 0 Å². The lowest BCUT2D eigenvalue weighted by Crippen LogP contribution is -2.42. The van der Waals surface area contributed by atoms with E-state index in [4.69, 9.17) is 16.3 Å². The van der Waals surface area contributed by atoms with Crippen molar-refractivity contribution in [2.75, 3.05) is 20.2 Å². The van der Waals surface area contributed by atoms with E-state index in [1.807, 2.05) is 0 Å². The number of carbonyl (C=O) groups excluding carboxylic acids is 1. The zero-order valence-electron chi connectivity index (χ0n) is 11.6. The van der Waals surface area contributed by atoms with E-state index < -0.39 is 12.1 Å². The van der Waals surface area contributed by atoms with Crippen molar-refractivity contribution < 1.29 is 22.7 Å². The lowest BCUT2D eigenvalue weighted by Gasteiger charge is -2.24. The third-order valence-corrected chi connectivity index (χ3v) is 3.91. The lowest BCUT2D eigenvalue weighted by molar-refractivity contribution is -0.185. The molecule has 116 valence electrons. The maximum Gasteiger partial charge on any atom is 0.471 e. The Morgan fingerprint density at radius 3 is 2.67 bits per heavy atom. The zero-order chi connectivity index (χ0) is 15.8. The number of hydrogen-bond acceptors (Lipinski definition) is 2. The SMILES string of the molecule is COc1cc2c(cc1Cl)C(C)CN(C(=O)C(F)(F)F)CC2. The Hall–Kier alpha value is -1.43. The van der Waals surface area contributed by atoms with Crippen LogP contribution in [0.4, 0.5) is 13.2 Å². The Morgan fingerprint density at radius 2 is 2.10 bits per heavy atom. The Balaban J connectivity index is 2.31. The molecule has 0 fully saturated rings. The van der Waals surface area contributed by atoms with Gasteiger partial charge in [-0.1, -0.05) is 18.5 Å². The van der Waals surface area contributed by atoms with Crippen LogP contribution in [0.15, 0.2) is 12.1 Å². The predicted molar refractivity (Wildman–Crippen MR) is 72.8 cm³/mol. The smallest absolute Gasteiger partial charge is 0.471 e. The summed E-state index contributed by atoms with van der Waals surface area (Å²) >= 11 is 6.07. The summed E-state index contributed by atoms with van der Waals surface area (Å²) in [6, 6.07) is 3.44. The highest BCUT2D eigenvalue weighted by Crippen LogP contribution is 2.34. The van der Waals surface area contributed by atoms with E-state index in [1.165, 1.54) is 7.11 Å². The second-order valence-electron chi connectivity index (χ2n) is 5.09. The molecule has 2 rings (SSSR count). The molecular weight excluding hydrogens is 307 g/mol. The highest BCUT2D eigenvalue weighted by atomic mass is 35.5. The first-order valence-electron chi connectivity index (χ1n) is 6.46. The Labute approximate surface area is 125 Å². The van der Waals surface area contributed by atoms with Gasteiger partial charge in [-0.15, -0.1) is 0 Å². The maximum atomic E-state index is 12.6. The molecule has 1 atom stereocenters. The maximum absolute atomic E-state index is 12.6. The summed E-state index contributed by atoms with van der Waals surface area (Å²) in [6.45, 7) is 1.83. The van der Waals surface area contributed by atoms with E-state index in [9.17, 15) is 18.0 Å². The fraction of sp³-hybridized carbons (Fsp3) is 0.500. The van der Waals surface area contributed by atoms with Crippen LogP contribution >= 0.6 is 11.6 Å². The fourth-order valence-corrected chi connectivity index (χ4v) is 2.83. The van der Waals surface area contributed by atoms with Gasteiger partial charge in [0.2, 0.25) is 0 Å². The van der Waals surface area contributed by atoms with Crippen molar-refractivity contribution in [1.82, 2.24) is 4.90 Å². The molecule has 1 aliphatic rings. The molecule has 1 amide bonds. The number of fused-ring (bicyclic) bond motifs is 1. The first-order valence-corrected chi connectivity index (χ1v) is 6.84.